The average Bonchev–Trinajstić information content (AvgIpc) is 3.27. The van der Waals surface area contributed by atoms with Crippen molar-refractivity contribution in [1.29, 1.82) is 0 Å². The second kappa shape index (κ2) is 12.4. The highest BCUT2D eigenvalue weighted by atomic mass is 35.5. The van der Waals surface area contributed by atoms with Crippen molar-refractivity contribution in [2.24, 2.45) is 0 Å². The fourth-order valence-electron chi connectivity index (χ4n) is 4.54. The Bertz CT molecular complexity index is 1310. The van der Waals surface area contributed by atoms with Crippen LogP contribution in [0.2, 0.25) is 10.0 Å². The van der Waals surface area contributed by atoms with E-state index in [0.717, 1.165) is 55.5 Å². The minimum atomic E-state index is -0.102. The van der Waals surface area contributed by atoms with Crippen molar-refractivity contribution in [1.82, 2.24) is 9.30 Å². The van der Waals surface area contributed by atoms with E-state index in [1.165, 1.54) is 0 Å². The van der Waals surface area contributed by atoms with E-state index in [0.29, 0.717) is 33.7 Å². The topological polar surface area (TPSA) is 34.0 Å². The third-order valence-electron chi connectivity index (χ3n) is 6.20. The summed E-state index contributed by atoms with van der Waals surface area (Å²) in [6.07, 6.45) is 5.14. The highest BCUT2D eigenvalue weighted by Crippen LogP contribution is 2.32. The molecule has 2 heterocycles. The van der Waals surface area contributed by atoms with Crippen LogP contribution in [-0.4, -0.2) is 41.3 Å². The Morgan fingerprint density at radius 1 is 0.917 bits per heavy atom. The summed E-state index contributed by atoms with van der Waals surface area (Å²) in [6, 6.07) is 20.7. The van der Waals surface area contributed by atoms with E-state index in [9.17, 15) is 4.79 Å². The minimum Gasteiger partial charge on any atom is -0.492 e. The summed E-state index contributed by atoms with van der Waals surface area (Å²) in [5.41, 5.74) is 3.82. The van der Waals surface area contributed by atoms with E-state index in [1.807, 2.05) is 59.1 Å². The Morgan fingerprint density at radius 3 is 2.36 bits per heavy atom. The number of halogens is 2. The number of hydrogen-bond acceptors (Lipinski definition) is 3. The van der Waals surface area contributed by atoms with Crippen LogP contribution in [0.25, 0.3) is 16.6 Å². The lowest BCUT2D eigenvalue weighted by atomic mass is 10.00. The van der Waals surface area contributed by atoms with Gasteiger partial charge in [-0.1, -0.05) is 55.2 Å². The van der Waals surface area contributed by atoms with E-state index in [4.69, 9.17) is 27.9 Å². The second-order valence-electron chi connectivity index (χ2n) is 8.93. The molecule has 0 aliphatic carbocycles. The molecule has 0 aliphatic heterocycles. The van der Waals surface area contributed by atoms with Crippen molar-refractivity contribution in [3.8, 4) is 16.9 Å². The summed E-state index contributed by atoms with van der Waals surface area (Å²) in [4.78, 5) is 16.2. The largest absolute Gasteiger partial charge is 0.492 e. The maximum Gasteiger partial charge on any atom is 0.210 e. The molecule has 0 N–H and O–H groups in total. The quantitative estimate of drug-likeness (QED) is 0.139. The average molecular weight is 524 g/mol. The van der Waals surface area contributed by atoms with Gasteiger partial charge in [0.1, 0.15) is 11.4 Å². The van der Waals surface area contributed by atoms with Crippen molar-refractivity contribution < 1.29 is 9.53 Å². The molecule has 6 heteroatoms. The fraction of sp³-hybridized carbons (Fsp3) is 0.300. The number of carbonyl (C=O) groups is 1. The van der Waals surface area contributed by atoms with Crippen molar-refractivity contribution in [3.63, 3.8) is 0 Å². The number of carbonyl (C=O) groups excluding carboxylic acids is 1. The van der Waals surface area contributed by atoms with E-state index < -0.39 is 0 Å². The zero-order valence-corrected chi connectivity index (χ0v) is 22.4. The SMILES string of the molecule is CCCN(CCC)CCCOc1ccc(C(=O)c2c(-c3ccc(Cl)cc3)cc3ccccn23)cc1Cl. The monoisotopic (exact) mass is 522 g/mol. The summed E-state index contributed by atoms with van der Waals surface area (Å²) in [5.74, 6) is 0.498. The first-order valence-electron chi connectivity index (χ1n) is 12.6. The first kappa shape index (κ1) is 26.3. The third-order valence-corrected chi connectivity index (χ3v) is 6.75. The third kappa shape index (κ3) is 6.12. The first-order valence-corrected chi connectivity index (χ1v) is 13.3. The number of ether oxygens (including phenoxy) is 1. The number of hydrogen-bond donors (Lipinski definition) is 0. The molecule has 4 aromatic rings. The number of benzene rings is 2. The molecule has 188 valence electrons. The van der Waals surface area contributed by atoms with E-state index in [-0.39, 0.29) is 5.78 Å². The maximum absolute atomic E-state index is 13.8. The second-order valence-corrected chi connectivity index (χ2v) is 9.77. The molecular formula is C30H32Cl2N2O2. The summed E-state index contributed by atoms with van der Waals surface area (Å²) < 4.78 is 7.88. The van der Waals surface area contributed by atoms with Gasteiger partial charge in [-0.3, -0.25) is 4.79 Å². The molecule has 0 spiro atoms. The lowest BCUT2D eigenvalue weighted by Crippen LogP contribution is -2.27. The predicted octanol–water partition coefficient (Wildman–Crippen LogP) is 8.04. The number of pyridine rings is 1. The van der Waals surface area contributed by atoms with E-state index in [1.54, 1.807) is 18.2 Å². The predicted molar refractivity (Wildman–Crippen MR) is 150 cm³/mol. The number of fused-ring (bicyclic) bond motifs is 1. The standard InChI is InChI=1S/C30H32Cl2N2O2/c1-3-15-33(16-4-2)17-7-19-36-28-14-11-23(20-27(28)32)30(35)29-26(22-9-12-24(31)13-10-22)21-25-8-5-6-18-34(25)29/h5-6,8-14,18,20-21H,3-4,7,15-17,19H2,1-2H3. The van der Waals surface area contributed by atoms with Crippen LogP contribution < -0.4 is 4.74 Å². The van der Waals surface area contributed by atoms with Gasteiger partial charge in [0.2, 0.25) is 5.78 Å². The molecule has 0 unspecified atom stereocenters. The maximum atomic E-state index is 13.8. The van der Waals surface area contributed by atoms with Gasteiger partial charge in [0, 0.05) is 34.4 Å². The van der Waals surface area contributed by atoms with Crippen LogP contribution in [0.3, 0.4) is 0 Å². The molecule has 0 saturated carbocycles. The first-order chi connectivity index (χ1) is 17.5. The van der Waals surface area contributed by atoms with E-state index >= 15 is 0 Å². The number of nitrogens with zero attached hydrogens (tertiary/aromatic N) is 2. The van der Waals surface area contributed by atoms with Gasteiger partial charge in [-0.05, 0) is 86.4 Å². The molecule has 4 rings (SSSR count). The minimum absolute atomic E-state index is 0.102. The molecule has 0 fully saturated rings. The van der Waals surface area contributed by atoms with Crippen LogP contribution in [0.1, 0.15) is 49.2 Å². The number of rotatable bonds is 12. The molecule has 2 aromatic heterocycles. The van der Waals surface area contributed by atoms with Gasteiger partial charge in [-0.25, -0.2) is 0 Å². The van der Waals surface area contributed by atoms with Crippen LogP contribution in [0.5, 0.6) is 5.75 Å². The lowest BCUT2D eigenvalue weighted by Gasteiger charge is -2.20. The molecule has 0 amide bonds. The summed E-state index contributed by atoms with van der Waals surface area (Å²) in [5, 5.41) is 1.09. The highest BCUT2D eigenvalue weighted by molar-refractivity contribution is 6.32. The molecule has 36 heavy (non-hydrogen) atoms. The van der Waals surface area contributed by atoms with Gasteiger partial charge in [-0.2, -0.15) is 0 Å². The molecule has 0 saturated heterocycles. The summed E-state index contributed by atoms with van der Waals surface area (Å²) in [7, 11) is 0. The Hall–Kier alpha value is -2.79. The molecular weight excluding hydrogens is 491 g/mol. The van der Waals surface area contributed by atoms with Gasteiger partial charge in [-0.15, -0.1) is 0 Å². The van der Waals surface area contributed by atoms with Gasteiger partial charge >= 0.3 is 0 Å². The summed E-state index contributed by atoms with van der Waals surface area (Å²) >= 11 is 12.7. The van der Waals surface area contributed by atoms with Crippen molar-refractivity contribution in [2.45, 2.75) is 33.1 Å². The fourth-order valence-corrected chi connectivity index (χ4v) is 4.90. The molecule has 2 aromatic carbocycles. The zero-order valence-electron chi connectivity index (χ0n) is 20.8. The number of ketones is 1. The molecule has 0 atom stereocenters. The Kier molecular flexibility index (Phi) is 9.08. The Labute approximate surface area is 223 Å². The van der Waals surface area contributed by atoms with Crippen LogP contribution in [0, 0.1) is 0 Å². The Morgan fingerprint density at radius 2 is 1.67 bits per heavy atom. The van der Waals surface area contributed by atoms with Gasteiger partial charge in [0.25, 0.3) is 0 Å². The van der Waals surface area contributed by atoms with Crippen molar-refractivity contribution >= 4 is 34.5 Å². The molecule has 4 nitrogen and oxygen atoms in total. The van der Waals surface area contributed by atoms with Crippen molar-refractivity contribution in [3.05, 3.63) is 94.2 Å². The normalized spacial score (nSPS) is 11.4. The van der Waals surface area contributed by atoms with E-state index in [2.05, 4.69) is 18.7 Å². The lowest BCUT2D eigenvalue weighted by molar-refractivity contribution is 0.103. The Balaban J connectivity index is 1.53. The van der Waals surface area contributed by atoms with Crippen LogP contribution in [-0.2, 0) is 0 Å². The molecule has 0 bridgehead atoms. The van der Waals surface area contributed by atoms with Gasteiger partial charge in [0.15, 0.2) is 0 Å². The van der Waals surface area contributed by atoms with Crippen molar-refractivity contribution in [2.75, 3.05) is 26.2 Å². The van der Waals surface area contributed by atoms with Crippen LogP contribution in [0.4, 0.5) is 0 Å². The smallest absolute Gasteiger partial charge is 0.210 e. The molecule has 0 radical (unpaired) electrons. The van der Waals surface area contributed by atoms with Crippen LogP contribution in [0.15, 0.2) is 72.9 Å². The highest BCUT2D eigenvalue weighted by Gasteiger charge is 2.21. The zero-order chi connectivity index (χ0) is 25.5. The summed E-state index contributed by atoms with van der Waals surface area (Å²) in [6.45, 7) is 8.22. The van der Waals surface area contributed by atoms with Crippen LogP contribution >= 0.6 is 23.2 Å². The van der Waals surface area contributed by atoms with Gasteiger partial charge < -0.3 is 14.0 Å². The number of aromatic nitrogens is 1. The molecule has 0 aliphatic rings. The van der Waals surface area contributed by atoms with Gasteiger partial charge in [0.05, 0.1) is 11.6 Å².